The summed E-state index contributed by atoms with van der Waals surface area (Å²) in [6.07, 6.45) is 22.5. The predicted octanol–water partition coefficient (Wildman–Crippen LogP) is 9.36. The first-order chi connectivity index (χ1) is 18.2. The average Bonchev–Trinajstić information content (AvgIpc) is 2.93. The van der Waals surface area contributed by atoms with E-state index in [4.69, 9.17) is 9.47 Å². The molecule has 4 heteroatoms. The molecule has 37 heavy (non-hydrogen) atoms. The van der Waals surface area contributed by atoms with E-state index in [1.165, 1.54) is 89.9 Å². The van der Waals surface area contributed by atoms with E-state index in [1.54, 1.807) is 18.3 Å². The summed E-state index contributed by atoms with van der Waals surface area (Å²) >= 11 is 0. The van der Waals surface area contributed by atoms with Gasteiger partial charge in [-0.3, -0.25) is 4.98 Å². The number of unbranched alkanes of at least 4 members (excludes halogenated alkanes) is 7. The van der Waals surface area contributed by atoms with Crippen LogP contribution in [0.3, 0.4) is 0 Å². The Morgan fingerprint density at radius 3 is 2.03 bits per heavy atom. The van der Waals surface area contributed by atoms with Crippen LogP contribution in [0, 0.1) is 11.8 Å². The highest BCUT2D eigenvalue weighted by molar-refractivity contribution is 5.91. The Balaban J connectivity index is 1.33. The Kier molecular flexibility index (Phi) is 13.6. The highest BCUT2D eigenvalue weighted by Crippen LogP contribution is 2.34. The van der Waals surface area contributed by atoms with Gasteiger partial charge in [-0.05, 0) is 67.5 Å². The fraction of sp³-hybridized carbons (Fsp3) is 0.636. The van der Waals surface area contributed by atoms with E-state index < -0.39 is 0 Å². The molecule has 0 atom stereocenters. The number of rotatable bonds is 17. The van der Waals surface area contributed by atoms with Crippen LogP contribution in [0.1, 0.15) is 126 Å². The van der Waals surface area contributed by atoms with Gasteiger partial charge in [-0.25, -0.2) is 4.79 Å². The third-order valence-electron chi connectivity index (χ3n) is 7.86. The largest absolute Gasteiger partial charge is 0.494 e. The van der Waals surface area contributed by atoms with Crippen molar-refractivity contribution in [3.8, 4) is 11.5 Å². The maximum atomic E-state index is 12.5. The quantitative estimate of drug-likeness (QED) is 0.158. The van der Waals surface area contributed by atoms with E-state index in [9.17, 15) is 4.79 Å². The van der Waals surface area contributed by atoms with Gasteiger partial charge in [0.15, 0.2) is 0 Å². The van der Waals surface area contributed by atoms with Crippen molar-refractivity contribution in [2.75, 3.05) is 6.61 Å². The maximum Gasteiger partial charge on any atom is 0.343 e. The van der Waals surface area contributed by atoms with Gasteiger partial charge in [-0.1, -0.05) is 97.3 Å². The molecule has 1 aromatic heterocycles. The van der Waals surface area contributed by atoms with Crippen molar-refractivity contribution in [3.05, 3.63) is 53.9 Å². The second kappa shape index (κ2) is 17.2. The Labute approximate surface area is 225 Å². The van der Waals surface area contributed by atoms with Gasteiger partial charge in [0.05, 0.1) is 18.4 Å². The average molecular weight is 508 g/mol. The van der Waals surface area contributed by atoms with Crippen LogP contribution in [-0.4, -0.2) is 17.6 Å². The molecule has 0 radical (unpaired) electrons. The smallest absolute Gasteiger partial charge is 0.343 e. The number of hydrogen-bond donors (Lipinski definition) is 0. The molecule has 1 saturated carbocycles. The fourth-order valence-electron chi connectivity index (χ4n) is 5.39. The predicted molar refractivity (Wildman–Crippen MR) is 152 cm³/mol. The number of aryl methyl sites for hydroxylation is 1. The second-order valence-electron chi connectivity index (χ2n) is 10.9. The topological polar surface area (TPSA) is 48.4 Å². The molecule has 204 valence electrons. The lowest BCUT2D eigenvalue weighted by Gasteiger charge is -2.28. The molecule has 4 nitrogen and oxygen atoms in total. The third-order valence-corrected chi connectivity index (χ3v) is 7.86. The maximum absolute atomic E-state index is 12.5. The van der Waals surface area contributed by atoms with Gasteiger partial charge in [0.25, 0.3) is 0 Å². The van der Waals surface area contributed by atoms with Gasteiger partial charge < -0.3 is 9.47 Å². The third kappa shape index (κ3) is 11.3. The van der Waals surface area contributed by atoms with E-state index >= 15 is 0 Å². The minimum absolute atomic E-state index is 0.368. The molecule has 1 aliphatic carbocycles. The zero-order valence-corrected chi connectivity index (χ0v) is 23.4. The summed E-state index contributed by atoms with van der Waals surface area (Å²) in [6.45, 7) is 5.22. The van der Waals surface area contributed by atoms with Crippen molar-refractivity contribution in [2.24, 2.45) is 11.8 Å². The summed E-state index contributed by atoms with van der Waals surface area (Å²) in [4.78, 5) is 17.1. The van der Waals surface area contributed by atoms with Crippen LogP contribution < -0.4 is 9.47 Å². The zero-order chi connectivity index (χ0) is 26.1. The van der Waals surface area contributed by atoms with Crippen molar-refractivity contribution in [3.63, 3.8) is 0 Å². The molecule has 1 fully saturated rings. The summed E-state index contributed by atoms with van der Waals surface area (Å²) < 4.78 is 11.3. The first-order valence-corrected chi connectivity index (χ1v) is 15.1. The van der Waals surface area contributed by atoms with Crippen molar-refractivity contribution < 1.29 is 14.3 Å². The molecule has 0 spiro atoms. The van der Waals surface area contributed by atoms with Crippen molar-refractivity contribution in [1.82, 2.24) is 4.98 Å². The van der Waals surface area contributed by atoms with E-state index in [2.05, 4.69) is 18.8 Å². The number of carbonyl (C=O) groups excluding carboxylic acids is 1. The lowest BCUT2D eigenvalue weighted by atomic mass is 9.78. The Morgan fingerprint density at radius 2 is 1.38 bits per heavy atom. The fourth-order valence-corrected chi connectivity index (χ4v) is 5.39. The summed E-state index contributed by atoms with van der Waals surface area (Å²) in [5.41, 5.74) is 1.60. The molecule has 1 heterocycles. The monoisotopic (exact) mass is 507 g/mol. The number of aromatic nitrogens is 1. The van der Waals surface area contributed by atoms with Crippen LogP contribution in [0.5, 0.6) is 11.5 Å². The van der Waals surface area contributed by atoms with Crippen LogP contribution in [0.2, 0.25) is 0 Å². The number of benzene rings is 1. The molecule has 0 bridgehead atoms. The summed E-state index contributed by atoms with van der Waals surface area (Å²) in [5, 5.41) is 0. The van der Waals surface area contributed by atoms with Gasteiger partial charge in [0.2, 0.25) is 0 Å². The van der Waals surface area contributed by atoms with Crippen molar-refractivity contribution in [1.29, 1.82) is 0 Å². The van der Waals surface area contributed by atoms with Gasteiger partial charge >= 0.3 is 5.97 Å². The van der Waals surface area contributed by atoms with Crippen molar-refractivity contribution >= 4 is 5.97 Å². The van der Waals surface area contributed by atoms with Crippen LogP contribution in [0.25, 0.3) is 0 Å². The van der Waals surface area contributed by atoms with Gasteiger partial charge in [0, 0.05) is 5.69 Å². The summed E-state index contributed by atoms with van der Waals surface area (Å²) in [5.74, 6) is 2.71. The van der Waals surface area contributed by atoms with E-state index in [0.29, 0.717) is 17.9 Å². The summed E-state index contributed by atoms with van der Waals surface area (Å²) in [7, 11) is 0. The van der Waals surface area contributed by atoms with Crippen LogP contribution in [0.4, 0.5) is 0 Å². The Hall–Kier alpha value is -2.36. The zero-order valence-electron chi connectivity index (χ0n) is 23.4. The standard InChI is InChI=1S/C33H49NO3/c1-3-5-7-9-11-25-36-31-22-18-29(19-23-31)33(35)37-32-24-21-30(34-26-32)20-17-28-15-13-27(14-16-28)12-10-8-6-4-2/h18-19,21-24,26-28H,3-17,20,25H2,1-2H3. The molecular weight excluding hydrogens is 458 g/mol. The lowest BCUT2D eigenvalue weighted by molar-refractivity contribution is 0.0734. The van der Waals surface area contributed by atoms with Gasteiger partial charge in [0.1, 0.15) is 11.5 Å². The first-order valence-electron chi connectivity index (χ1n) is 15.1. The summed E-state index contributed by atoms with van der Waals surface area (Å²) in [6, 6.07) is 11.1. The number of carbonyl (C=O) groups is 1. The molecule has 0 aliphatic heterocycles. The lowest BCUT2D eigenvalue weighted by Crippen LogP contribution is -2.15. The van der Waals surface area contributed by atoms with Gasteiger partial charge in [-0.15, -0.1) is 0 Å². The van der Waals surface area contributed by atoms with Crippen LogP contribution >= 0.6 is 0 Å². The van der Waals surface area contributed by atoms with E-state index in [-0.39, 0.29) is 5.97 Å². The molecule has 0 amide bonds. The van der Waals surface area contributed by atoms with Crippen LogP contribution in [-0.2, 0) is 6.42 Å². The first kappa shape index (κ1) is 29.2. The highest BCUT2D eigenvalue weighted by Gasteiger charge is 2.20. The van der Waals surface area contributed by atoms with E-state index in [1.807, 2.05) is 24.3 Å². The van der Waals surface area contributed by atoms with E-state index in [0.717, 1.165) is 36.1 Å². The molecule has 3 rings (SSSR count). The minimum Gasteiger partial charge on any atom is -0.494 e. The molecule has 0 saturated heterocycles. The minimum atomic E-state index is -0.368. The molecular formula is C33H49NO3. The molecule has 1 aromatic carbocycles. The van der Waals surface area contributed by atoms with Crippen LogP contribution in [0.15, 0.2) is 42.6 Å². The number of ether oxygens (including phenoxy) is 2. The molecule has 0 unspecified atom stereocenters. The highest BCUT2D eigenvalue weighted by atomic mass is 16.5. The number of pyridine rings is 1. The molecule has 1 aliphatic rings. The van der Waals surface area contributed by atoms with Crippen molar-refractivity contribution in [2.45, 2.75) is 117 Å². The molecule has 0 N–H and O–H groups in total. The molecule has 2 aromatic rings. The number of nitrogens with zero attached hydrogens (tertiary/aromatic N) is 1. The SMILES string of the molecule is CCCCCCCOc1ccc(C(=O)Oc2ccc(CCC3CCC(CCCCCC)CC3)nc2)cc1. The normalized spacial score (nSPS) is 17.5. The second-order valence-corrected chi connectivity index (χ2v) is 10.9. The Morgan fingerprint density at radius 1 is 0.757 bits per heavy atom. The Bertz CT molecular complexity index is 869. The number of esters is 1. The van der Waals surface area contributed by atoms with Gasteiger partial charge in [-0.2, -0.15) is 0 Å². The number of hydrogen-bond acceptors (Lipinski definition) is 4.